The van der Waals surface area contributed by atoms with Crippen LogP contribution in [0.25, 0.3) is 0 Å². The van der Waals surface area contributed by atoms with Crippen molar-refractivity contribution >= 4 is 17.9 Å². The molecule has 0 aromatic carbocycles. The summed E-state index contributed by atoms with van der Waals surface area (Å²) < 4.78 is 16.8. The first-order valence-corrected chi connectivity index (χ1v) is 28.9. The number of allylic oxidation sites excluding steroid dienone is 12. The maximum Gasteiger partial charge on any atom is 0.306 e. The molecule has 0 spiro atoms. The predicted octanol–water partition coefficient (Wildman–Crippen LogP) is 19.4. The highest BCUT2D eigenvalue weighted by molar-refractivity contribution is 5.71. The largest absolute Gasteiger partial charge is 0.462 e. The molecule has 0 aliphatic heterocycles. The van der Waals surface area contributed by atoms with Crippen LogP contribution in [0.5, 0.6) is 0 Å². The lowest BCUT2D eigenvalue weighted by Crippen LogP contribution is -2.30. The molecule has 0 fully saturated rings. The van der Waals surface area contributed by atoms with Gasteiger partial charge in [-0.25, -0.2) is 0 Å². The second-order valence-corrected chi connectivity index (χ2v) is 19.2. The van der Waals surface area contributed by atoms with Gasteiger partial charge in [0.1, 0.15) is 13.2 Å². The van der Waals surface area contributed by atoms with Crippen LogP contribution >= 0.6 is 0 Å². The van der Waals surface area contributed by atoms with Gasteiger partial charge >= 0.3 is 17.9 Å². The van der Waals surface area contributed by atoms with E-state index in [2.05, 4.69) is 93.7 Å². The van der Waals surface area contributed by atoms with Crippen LogP contribution in [-0.4, -0.2) is 37.2 Å². The van der Waals surface area contributed by atoms with E-state index in [-0.39, 0.29) is 31.1 Å². The first-order chi connectivity index (χ1) is 33.5. The molecule has 0 aromatic heterocycles. The van der Waals surface area contributed by atoms with Crippen LogP contribution < -0.4 is 0 Å². The van der Waals surface area contributed by atoms with Crippen molar-refractivity contribution in [3.8, 4) is 0 Å². The normalized spacial score (nSPS) is 12.6. The summed E-state index contributed by atoms with van der Waals surface area (Å²) in [6.07, 6.45) is 71.7. The number of ether oxygens (including phenoxy) is 3. The van der Waals surface area contributed by atoms with Gasteiger partial charge in [0.25, 0.3) is 0 Å². The molecule has 0 aliphatic carbocycles. The Morgan fingerprint density at radius 1 is 0.309 bits per heavy atom. The number of rotatable bonds is 52. The summed E-state index contributed by atoms with van der Waals surface area (Å²) in [6, 6.07) is 0. The van der Waals surface area contributed by atoms with Crippen molar-refractivity contribution in [2.24, 2.45) is 0 Å². The summed E-state index contributed by atoms with van der Waals surface area (Å²) in [4.78, 5) is 38.2. The van der Waals surface area contributed by atoms with Crippen molar-refractivity contribution in [2.45, 2.75) is 290 Å². The first kappa shape index (κ1) is 64.8. The number of carbonyl (C=O) groups excluding carboxylic acids is 3. The molecule has 6 heteroatoms. The van der Waals surface area contributed by atoms with E-state index in [0.717, 1.165) is 122 Å². The molecule has 0 aliphatic rings. The van der Waals surface area contributed by atoms with Crippen LogP contribution in [0.3, 0.4) is 0 Å². The predicted molar refractivity (Wildman–Crippen MR) is 293 cm³/mol. The Morgan fingerprint density at radius 3 is 0.926 bits per heavy atom. The number of hydrogen-bond donors (Lipinski definition) is 0. The minimum atomic E-state index is -0.793. The highest BCUT2D eigenvalue weighted by Gasteiger charge is 2.19. The van der Waals surface area contributed by atoms with E-state index in [1.54, 1.807) is 0 Å². The van der Waals surface area contributed by atoms with Crippen molar-refractivity contribution in [3.63, 3.8) is 0 Å². The fourth-order valence-corrected chi connectivity index (χ4v) is 8.11. The van der Waals surface area contributed by atoms with Crippen LogP contribution in [-0.2, 0) is 28.6 Å². The summed E-state index contributed by atoms with van der Waals surface area (Å²) >= 11 is 0. The third-order valence-electron chi connectivity index (χ3n) is 12.4. The molecule has 0 unspecified atom stereocenters. The summed E-state index contributed by atoms with van der Waals surface area (Å²) in [5, 5.41) is 0. The van der Waals surface area contributed by atoms with Crippen LogP contribution in [0.2, 0.25) is 0 Å². The Labute approximate surface area is 421 Å². The van der Waals surface area contributed by atoms with Gasteiger partial charge in [0.2, 0.25) is 0 Å². The van der Waals surface area contributed by atoms with Crippen LogP contribution in [0.15, 0.2) is 72.9 Å². The maximum absolute atomic E-state index is 12.9. The number of esters is 3. The standard InChI is InChI=1S/C62H108O6/c1-4-7-10-13-16-19-22-25-28-30-32-34-37-40-43-46-49-52-55-61(64)67-58-59(57-66-60(63)54-51-48-45-42-39-36-33-27-24-21-18-15-12-9-6-3)68-62(65)56-53-50-47-44-41-38-35-31-29-26-23-20-17-14-11-8-5-2/h9,12,17-18,20-21,26-27,29,33,35,38,59H,4-8,10-11,13-16,19,22-25,28,30-32,34,36-37,39-58H2,1-3H3/b12-9-,20-17-,21-18-,29-26-,33-27-,38-35-/t59-/m1/s1. The highest BCUT2D eigenvalue weighted by atomic mass is 16.6. The highest BCUT2D eigenvalue weighted by Crippen LogP contribution is 2.16. The van der Waals surface area contributed by atoms with Crippen molar-refractivity contribution in [2.75, 3.05) is 13.2 Å². The zero-order valence-corrected chi connectivity index (χ0v) is 44.9. The molecular weight excluding hydrogens is 841 g/mol. The minimum absolute atomic E-state index is 0.0881. The lowest BCUT2D eigenvalue weighted by Gasteiger charge is -2.18. The molecule has 0 amide bonds. The van der Waals surface area contributed by atoms with Gasteiger partial charge in [-0.3, -0.25) is 14.4 Å². The molecule has 68 heavy (non-hydrogen) atoms. The Hall–Kier alpha value is -3.15. The Balaban J connectivity index is 4.42. The van der Waals surface area contributed by atoms with Crippen LogP contribution in [0.4, 0.5) is 0 Å². The average Bonchev–Trinajstić information content (AvgIpc) is 3.34. The zero-order chi connectivity index (χ0) is 49.3. The maximum atomic E-state index is 12.9. The van der Waals surface area contributed by atoms with E-state index in [9.17, 15) is 14.4 Å². The Morgan fingerprint density at radius 2 is 0.574 bits per heavy atom. The van der Waals surface area contributed by atoms with Crippen molar-refractivity contribution in [1.82, 2.24) is 0 Å². The SMILES string of the molecule is CC/C=C\C/C=C\C/C=C\CCCCCCCC(=O)OC[C@H](COC(=O)CCCCCCCCCCCCCCCCCCCC)OC(=O)CCCCCC/C=C\C/C=C\C/C=C\CCCCC. The second kappa shape index (κ2) is 56.4. The number of hydrogen-bond acceptors (Lipinski definition) is 6. The van der Waals surface area contributed by atoms with E-state index >= 15 is 0 Å². The van der Waals surface area contributed by atoms with E-state index < -0.39 is 6.10 Å². The van der Waals surface area contributed by atoms with Gasteiger partial charge in [0, 0.05) is 19.3 Å². The summed E-state index contributed by atoms with van der Waals surface area (Å²) in [6.45, 7) is 6.49. The zero-order valence-electron chi connectivity index (χ0n) is 44.9. The van der Waals surface area contributed by atoms with Crippen LogP contribution in [0, 0.1) is 0 Å². The van der Waals surface area contributed by atoms with Gasteiger partial charge in [-0.05, 0) is 89.9 Å². The van der Waals surface area contributed by atoms with E-state index in [4.69, 9.17) is 14.2 Å². The summed E-state index contributed by atoms with van der Waals surface area (Å²) in [7, 11) is 0. The van der Waals surface area contributed by atoms with E-state index in [1.807, 2.05) is 0 Å². The summed E-state index contributed by atoms with van der Waals surface area (Å²) in [5.74, 6) is -0.918. The molecule has 0 bridgehead atoms. The van der Waals surface area contributed by atoms with Gasteiger partial charge in [0.15, 0.2) is 6.10 Å². The molecule has 1 atom stereocenters. The number of carbonyl (C=O) groups is 3. The molecule has 0 heterocycles. The van der Waals surface area contributed by atoms with Gasteiger partial charge in [-0.2, -0.15) is 0 Å². The van der Waals surface area contributed by atoms with E-state index in [0.29, 0.717) is 19.3 Å². The van der Waals surface area contributed by atoms with Gasteiger partial charge in [-0.15, -0.1) is 0 Å². The molecule has 0 rings (SSSR count). The molecule has 0 N–H and O–H groups in total. The van der Waals surface area contributed by atoms with E-state index in [1.165, 1.54) is 122 Å². The van der Waals surface area contributed by atoms with Gasteiger partial charge in [0.05, 0.1) is 0 Å². The van der Waals surface area contributed by atoms with Crippen molar-refractivity contribution in [1.29, 1.82) is 0 Å². The quantitative estimate of drug-likeness (QED) is 0.0262. The minimum Gasteiger partial charge on any atom is -0.462 e. The molecule has 6 nitrogen and oxygen atoms in total. The van der Waals surface area contributed by atoms with Crippen LogP contribution in [0.1, 0.15) is 284 Å². The summed E-state index contributed by atoms with van der Waals surface area (Å²) in [5.41, 5.74) is 0. The molecule has 0 saturated carbocycles. The fourth-order valence-electron chi connectivity index (χ4n) is 8.11. The van der Waals surface area contributed by atoms with Gasteiger partial charge < -0.3 is 14.2 Å². The lowest BCUT2D eigenvalue weighted by molar-refractivity contribution is -0.167. The monoisotopic (exact) mass is 949 g/mol. The van der Waals surface area contributed by atoms with Crippen molar-refractivity contribution < 1.29 is 28.6 Å². The molecular formula is C62H108O6. The fraction of sp³-hybridized carbons (Fsp3) is 0.758. The smallest absolute Gasteiger partial charge is 0.306 e. The second-order valence-electron chi connectivity index (χ2n) is 19.2. The molecule has 392 valence electrons. The number of unbranched alkanes of at least 4 members (excludes halogenated alkanes) is 29. The molecule has 0 saturated heterocycles. The molecule has 0 aromatic rings. The van der Waals surface area contributed by atoms with Gasteiger partial charge in [-0.1, -0.05) is 248 Å². The van der Waals surface area contributed by atoms with Crippen molar-refractivity contribution in [3.05, 3.63) is 72.9 Å². The Bertz CT molecular complexity index is 1270. The lowest BCUT2D eigenvalue weighted by atomic mass is 10.0. The topological polar surface area (TPSA) is 78.9 Å². The third-order valence-corrected chi connectivity index (χ3v) is 12.4. The average molecular weight is 950 g/mol. The Kier molecular flexibility index (Phi) is 53.8. The third kappa shape index (κ3) is 53.8. The molecule has 0 radical (unpaired) electrons. The first-order valence-electron chi connectivity index (χ1n) is 28.9.